The maximum absolute atomic E-state index is 11.5. The summed E-state index contributed by atoms with van der Waals surface area (Å²) in [4.78, 5) is 19.5. The highest BCUT2D eigenvalue weighted by molar-refractivity contribution is 5.86. The van der Waals surface area contributed by atoms with E-state index in [0.717, 1.165) is 0 Å². The highest BCUT2D eigenvalue weighted by Gasteiger charge is 2.25. The molecule has 1 fully saturated rings. The first-order chi connectivity index (χ1) is 6.77. The van der Waals surface area contributed by atoms with Gasteiger partial charge in [0.15, 0.2) is 0 Å². The molecule has 5 nitrogen and oxygen atoms in total. The number of hydrogen-bond donors (Lipinski definition) is 1. The third kappa shape index (κ3) is 1.72. The van der Waals surface area contributed by atoms with Crippen LogP contribution in [0.3, 0.4) is 0 Å². The highest BCUT2D eigenvalue weighted by atomic mass is 16.5. The Balaban J connectivity index is 2.20. The molecular weight excluding hydrogens is 182 g/mol. The van der Waals surface area contributed by atoms with Crippen LogP contribution in [-0.4, -0.2) is 29.0 Å². The largest absolute Gasteiger partial charge is 0.382 e. The van der Waals surface area contributed by atoms with Crippen molar-refractivity contribution < 1.29 is 9.53 Å². The normalized spacial score (nSPS) is 22.3. The Hall–Kier alpha value is -1.49. The Morgan fingerprint density at radius 2 is 2.29 bits per heavy atom. The summed E-state index contributed by atoms with van der Waals surface area (Å²) in [5, 5.41) is 0. The van der Waals surface area contributed by atoms with Crippen LogP contribution in [0.2, 0.25) is 0 Å². The third-order valence-corrected chi connectivity index (χ3v) is 2.21. The van der Waals surface area contributed by atoms with Crippen LogP contribution in [0.1, 0.15) is 18.0 Å². The molecule has 74 valence electrons. The van der Waals surface area contributed by atoms with Crippen LogP contribution in [0.25, 0.3) is 0 Å². The molecule has 1 aromatic rings. The molecule has 1 aliphatic rings. The van der Waals surface area contributed by atoms with Gasteiger partial charge in [-0.3, -0.25) is 9.78 Å². The lowest BCUT2D eigenvalue weighted by Crippen LogP contribution is -2.26. The van der Waals surface area contributed by atoms with Crippen molar-refractivity contribution in [1.29, 1.82) is 0 Å². The molecule has 0 bridgehead atoms. The van der Waals surface area contributed by atoms with Crippen molar-refractivity contribution in [3.63, 3.8) is 0 Å². The quantitative estimate of drug-likeness (QED) is 0.686. The summed E-state index contributed by atoms with van der Waals surface area (Å²) in [5.74, 6) is 0.255. The van der Waals surface area contributed by atoms with Crippen LogP contribution in [0.4, 0.5) is 5.82 Å². The molecule has 0 spiro atoms. The highest BCUT2D eigenvalue weighted by Crippen LogP contribution is 2.19. The number of anilines is 1. The second-order valence-corrected chi connectivity index (χ2v) is 3.21. The van der Waals surface area contributed by atoms with Crippen molar-refractivity contribution in [2.75, 3.05) is 18.9 Å². The Morgan fingerprint density at radius 3 is 2.93 bits per heavy atom. The predicted molar refractivity (Wildman–Crippen MR) is 49.6 cm³/mol. The van der Waals surface area contributed by atoms with Crippen molar-refractivity contribution in [2.24, 2.45) is 0 Å². The number of nitrogens with two attached hydrogens (primary N) is 1. The smallest absolute Gasteiger partial charge is 0.146 e. The maximum Gasteiger partial charge on any atom is 0.146 e. The summed E-state index contributed by atoms with van der Waals surface area (Å²) in [5.41, 5.74) is 6.04. The molecule has 0 aromatic carbocycles. The number of carbonyl (C=O) groups excluding carboxylic acids is 1. The number of ether oxygens (including phenoxy) is 1. The van der Waals surface area contributed by atoms with E-state index in [1.807, 2.05) is 0 Å². The van der Waals surface area contributed by atoms with Crippen molar-refractivity contribution in [1.82, 2.24) is 9.97 Å². The number of ketones is 1. The van der Waals surface area contributed by atoms with E-state index in [1.54, 1.807) is 0 Å². The van der Waals surface area contributed by atoms with Gasteiger partial charge in [0, 0.05) is 6.42 Å². The van der Waals surface area contributed by atoms with E-state index in [1.165, 1.54) is 12.4 Å². The Morgan fingerprint density at radius 1 is 1.43 bits per heavy atom. The van der Waals surface area contributed by atoms with Gasteiger partial charge in [-0.25, -0.2) is 4.98 Å². The molecule has 0 amide bonds. The first-order valence-corrected chi connectivity index (χ1v) is 4.45. The standard InChI is InChI=1S/C9H11N3O2/c10-9-4-11-7(3-12-9)6-5-14-2-1-8(6)13/h3-4,6H,1-2,5H2,(H2,10,12). The third-order valence-electron chi connectivity index (χ3n) is 2.21. The van der Waals surface area contributed by atoms with Crippen LogP contribution in [0, 0.1) is 0 Å². The van der Waals surface area contributed by atoms with Gasteiger partial charge in [-0.1, -0.05) is 0 Å². The zero-order chi connectivity index (χ0) is 9.97. The molecule has 1 aromatic heterocycles. The number of nitrogen functional groups attached to an aromatic ring is 1. The Bertz CT molecular complexity index is 336. The lowest BCUT2D eigenvalue weighted by atomic mass is 9.97. The number of Topliss-reactive ketones (excluding diaryl/α,β-unsaturated/α-hetero) is 1. The minimum Gasteiger partial charge on any atom is -0.382 e. The first kappa shape index (κ1) is 9.08. The average molecular weight is 193 g/mol. The molecule has 0 saturated carbocycles. The summed E-state index contributed by atoms with van der Waals surface area (Å²) in [7, 11) is 0. The summed E-state index contributed by atoms with van der Waals surface area (Å²) in [6, 6.07) is 0. The van der Waals surface area contributed by atoms with Gasteiger partial charge in [0.2, 0.25) is 0 Å². The van der Waals surface area contributed by atoms with E-state index in [0.29, 0.717) is 31.1 Å². The average Bonchev–Trinajstić information content (AvgIpc) is 2.20. The lowest BCUT2D eigenvalue weighted by molar-refractivity contribution is -0.126. The molecule has 1 atom stereocenters. The van der Waals surface area contributed by atoms with Crippen molar-refractivity contribution in [2.45, 2.75) is 12.3 Å². The van der Waals surface area contributed by atoms with Gasteiger partial charge >= 0.3 is 0 Å². The number of nitrogens with zero attached hydrogens (tertiary/aromatic N) is 2. The fourth-order valence-corrected chi connectivity index (χ4v) is 1.42. The Kier molecular flexibility index (Phi) is 2.41. The van der Waals surface area contributed by atoms with Gasteiger partial charge in [-0.2, -0.15) is 0 Å². The fraction of sp³-hybridized carbons (Fsp3) is 0.444. The van der Waals surface area contributed by atoms with Gasteiger partial charge in [-0.05, 0) is 0 Å². The molecular formula is C9H11N3O2. The first-order valence-electron chi connectivity index (χ1n) is 4.45. The van der Waals surface area contributed by atoms with Gasteiger partial charge < -0.3 is 10.5 Å². The summed E-state index contributed by atoms with van der Waals surface area (Å²) in [6.45, 7) is 0.912. The Labute approximate surface area is 81.3 Å². The molecule has 1 aliphatic heterocycles. The minimum absolute atomic E-state index is 0.162. The van der Waals surface area contributed by atoms with E-state index < -0.39 is 0 Å². The van der Waals surface area contributed by atoms with E-state index in [2.05, 4.69) is 9.97 Å². The van der Waals surface area contributed by atoms with Crippen molar-refractivity contribution in [3.05, 3.63) is 18.1 Å². The second-order valence-electron chi connectivity index (χ2n) is 3.21. The zero-order valence-corrected chi connectivity index (χ0v) is 7.64. The SMILES string of the molecule is Nc1cnc(C2COCCC2=O)cn1. The second kappa shape index (κ2) is 3.71. The van der Waals surface area contributed by atoms with Gasteiger partial charge in [-0.15, -0.1) is 0 Å². The van der Waals surface area contributed by atoms with Crippen molar-refractivity contribution in [3.8, 4) is 0 Å². The van der Waals surface area contributed by atoms with Gasteiger partial charge in [0.05, 0.1) is 37.2 Å². The number of carbonyl (C=O) groups is 1. The predicted octanol–water partition coefficient (Wildman–Crippen LogP) is 0.132. The van der Waals surface area contributed by atoms with E-state index in [9.17, 15) is 4.79 Å². The zero-order valence-electron chi connectivity index (χ0n) is 7.64. The summed E-state index contributed by atoms with van der Waals surface area (Å²) >= 11 is 0. The molecule has 1 unspecified atom stereocenters. The van der Waals surface area contributed by atoms with Crippen molar-refractivity contribution >= 4 is 11.6 Å². The topological polar surface area (TPSA) is 78.1 Å². The molecule has 2 N–H and O–H groups in total. The number of hydrogen-bond acceptors (Lipinski definition) is 5. The van der Waals surface area contributed by atoms with Crippen LogP contribution < -0.4 is 5.73 Å². The summed E-state index contributed by atoms with van der Waals surface area (Å²) < 4.78 is 5.22. The number of aromatic nitrogens is 2. The van der Waals surface area contributed by atoms with Crippen LogP contribution in [0.5, 0.6) is 0 Å². The molecule has 1 saturated heterocycles. The fourth-order valence-electron chi connectivity index (χ4n) is 1.42. The van der Waals surface area contributed by atoms with Crippen LogP contribution in [-0.2, 0) is 9.53 Å². The molecule has 2 rings (SSSR count). The maximum atomic E-state index is 11.5. The summed E-state index contributed by atoms with van der Waals surface area (Å²) in [6.07, 6.45) is 3.44. The van der Waals surface area contributed by atoms with E-state index in [-0.39, 0.29) is 11.7 Å². The van der Waals surface area contributed by atoms with Gasteiger partial charge in [0.1, 0.15) is 11.6 Å². The van der Waals surface area contributed by atoms with E-state index >= 15 is 0 Å². The van der Waals surface area contributed by atoms with Crippen LogP contribution >= 0.6 is 0 Å². The molecule has 5 heteroatoms. The van der Waals surface area contributed by atoms with Crippen LogP contribution in [0.15, 0.2) is 12.4 Å². The lowest BCUT2D eigenvalue weighted by Gasteiger charge is -2.19. The van der Waals surface area contributed by atoms with Gasteiger partial charge in [0.25, 0.3) is 0 Å². The minimum atomic E-state index is -0.267. The van der Waals surface area contributed by atoms with E-state index in [4.69, 9.17) is 10.5 Å². The molecule has 0 aliphatic carbocycles. The molecule has 14 heavy (non-hydrogen) atoms. The monoisotopic (exact) mass is 193 g/mol. The molecule has 2 heterocycles. The number of rotatable bonds is 1. The molecule has 0 radical (unpaired) electrons.